The van der Waals surface area contributed by atoms with Gasteiger partial charge in [-0.25, -0.2) is 4.79 Å². The van der Waals surface area contributed by atoms with Crippen molar-refractivity contribution in [3.8, 4) is 0 Å². The van der Waals surface area contributed by atoms with Crippen LogP contribution in [-0.2, 0) is 14.3 Å². The minimum Gasteiger partial charge on any atom is -0.462 e. The molecule has 1 aliphatic carbocycles. The molecule has 0 aromatic carbocycles. The van der Waals surface area contributed by atoms with Gasteiger partial charge in [-0.3, -0.25) is 4.79 Å². The minimum atomic E-state index is -0.350. The fourth-order valence-electron chi connectivity index (χ4n) is 3.12. The van der Waals surface area contributed by atoms with Crippen molar-refractivity contribution in [1.82, 2.24) is 5.32 Å². The molecule has 0 aromatic rings. The Morgan fingerprint density at radius 2 is 1.92 bits per heavy atom. The summed E-state index contributed by atoms with van der Waals surface area (Å²) in [6.45, 7) is 2.18. The second kappa shape index (κ2) is 11.1. The largest absolute Gasteiger partial charge is 0.462 e. The highest BCUT2D eigenvalue weighted by Crippen LogP contribution is 2.39. The van der Waals surface area contributed by atoms with Gasteiger partial charge in [-0.15, -0.1) is 0 Å². The normalized spacial score (nSPS) is 26.8. The van der Waals surface area contributed by atoms with Crippen LogP contribution >= 0.6 is 21.6 Å². The Morgan fingerprint density at radius 1 is 1.12 bits per heavy atom. The maximum Gasteiger partial charge on any atom is 0.407 e. The molecule has 1 heterocycles. The number of carbonyl (C=O) groups excluding carboxylic acids is 2. The van der Waals surface area contributed by atoms with Crippen LogP contribution in [-0.4, -0.2) is 41.8 Å². The Labute approximate surface area is 152 Å². The lowest BCUT2D eigenvalue weighted by Crippen LogP contribution is -2.39. The first kappa shape index (κ1) is 19.8. The molecule has 0 unspecified atom stereocenters. The van der Waals surface area contributed by atoms with E-state index in [0.717, 1.165) is 43.8 Å². The first-order valence-corrected chi connectivity index (χ1v) is 11.5. The van der Waals surface area contributed by atoms with Gasteiger partial charge in [0.2, 0.25) is 0 Å². The fourth-order valence-corrected chi connectivity index (χ4v) is 6.14. The standard InChI is InChI=1S/C17H29NO4S2/c1-2-21-17(20)18-13-7-9-14(10-8-13)22-16(19)6-4-3-5-15-11-12-23-24-15/h13-15H,2-12H2,1H3,(H,18,20)/t13?,14?,15-/m1/s1. The van der Waals surface area contributed by atoms with Crippen LogP contribution in [0.5, 0.6) is 0 Å². The molecule has 1 atom stereocenters. The van der Waals surface area contributed by atoms with Gasteiger partial charge in [0.15, 0.2) is 0 Å². The van der Waals surface area contributed by atoms with Crippen molar-refractivity contribution in [3.63, 3.8) is 0 Å². The van der Waals surface area contributed by atoms with Crippen molar-refractivity contribution in [2.24, 2.45) is 0 Å². The molecule has 1 saturated carbocycles. The topological polar surface area (TPSA) is 64.6 Å². The summed E-state index contributed by atoms with van der Waals surface area (Å²) in [4.78, 5) is 23.3. The average molecular weight is 376 g/mol. The Hall–Kier alpha value is -0.560. The van der Waals surface area contributed by atoms with Crippen molar-refractivity contribution in [1.29, 1.82) is 0 Å². The van der Waals surface area contributed by atoms with Crippen LogP contribution in [0.4, 0.5) is 4.79 Å². The van der Waals surface area contributed by atoms with Gasteiger partial charge in [-0.2, -0.15) is 0 Å². The number of unbranched alkanes of at least 4 members (excludes halogenated alkanes) is 1. The summed E-state index contributed by atoms with van der Waals surface area (Å²) < 4.78 is 10.5. The number of nitrogens with one attached hydrogen (secondary N) is 1. The van der Waals surface area contributed by atoms with E-state index in [0.29, 0.717) is 13.0 Å². The molecule has 1 N–H and O–H groups in total. The van der Waals surface area contributed by atoms with E-state index in [9.17, 15) is 9.59 Å². The van der Waals surface area contributed by atoms with Crippen LogP contribution in [0.1, 0.15) is 64.7 Å². The monoisotopic (exact) mass is 375 g/mol. The van der Waals surface area contributed by atoms with E-state index >= 15 is 0 Å². The summed E-state index contributed by atoms with van der Waals surface area (Å²) in [6.07, 6.45) is 8.09. The lowest BCUT2D eigenvalue weighted by Gasteiger charge is -2.28. The number of ether oxygens (including phenoxy) is 2. The molecule has 1 amide bonds. The van der Waals surface area contributed by atoms with Crippen LogP contribution in [0.2, 0.25) is 0 Å². The molecule has 0 aromatic heterocycles. The van der Waals surface area contributed by atoms with E-state index in [4.69, 9.17) is 9.47 Å². The third kappa shape index (κ3) is 7.55. The predicted molar refractivity (Wildman–Crippen MR) is 99.2 cm³/mol. The molecule has 2 fully saturated rings. The third-order valence-electron chi connectivity index (χ3n) is 4.45. The van der Waals surface area contributed by atoms with Crippen molar-refractivity contribution in [2.45, 2.75) is 82.1 Å². The second-order valence-corrected chi connectivity index (χ2v) is 9.19. The minimum absolute atomic E-state index is 0.0135. The molecule has 7 heteroatoms. The number of hydrogen-bond donors (Lipinski definition) is 1. The Bertz CT molecular complexity index is 394. The predicted octanol–water partition coefficient (Wildman–Crippen LogP) is 4.30. The number of hydrogen-bond acceptors (Lipinski definition) is 6. The van der Waals surface area contributed by atoms with E-state index in [1.54, 1.807) is 6.92 Å². The molecule has 5 nitrogen and oxygen atoms in total. The van der Waals surface area contributed by atoms with Crippen LogP contribution in [0, 0.1) is 0 Å². The van der Waals surface area contributed by atoms with Gasteiger partial charge in [0.25, 0.3) is 0 Å². The highest BCUT2D eigenvalue weighted by atomic mass is 33.1. The number of amides is 1. The molecular weight excluding hydrogens is 346 g/mol. The van der Waals surface area contributed by atoms with Crippen molar-refractivity contribution in [3.05, 3.63) is 0 Å². The number of carbonyl (C=O) groups is 2. The van der Waals surface area contributed by atoms with E-state index in [-0.39, 0.29) is 24.2 Å². The van der Waals surface area contributed by atoms with E-state index < -0.39 is 0 Å². The first-order valence-electron chi connectivity index (χ1n) is 9.08. The van der Waals surface area contributed by atoms with Crippen LogP contribution in [0.3, 0.4) is 0 Å². The van der Waals surface area contributed by atoms with Gasteiger partial charge in [0, 0.05) is 23.5 Å². The van der Waals surface area contributed by atoms with Gasteiger partial charge in [-0.05, 0) is 51.9 Å². The van der Waals surface area contributed by atoms with E-state index in [1.165, 1.54) is 18.6 Å². The van der Waals surface area contributed by atoms with Crippen molar-refractivity contribution >= 4 is 33.7 Å². The SMILES string of the molecule is CCOC(=O)NC1CCC(OC(=O)CCCC[C@@H]2CCSS2)CC1. The van der Waals surface area contributed by atoms with Crippen LogP contribution in [0.15, 0.2) is 0 Å². The lowest BCUT2D eigenvalue weighted by atomic mass is 9.93. The summed E-state index contributed by atoms with van der Waals surface area (Å²) in [5.74, 6) is 1.20. The van der Waals surface area contributed by atoms with Gasteiger partial charge < -0.3 is 14.8 Å². The Balaban J connectivity index is 1.51. The number of alkyl carbamates (subject to hydrolysis) is 1. The first-order chi connectivity index (χ1) is 11.7. The molecular formula is C17H29NO4S2. The highest BCUT2D eigenvalue weighted by Gasteiger charge is 2.25. The second-order valence-electron chi connectivity index (χ2n) is 6.40. The quantitative estimate of drug-likeness (QED) is 0.388. The molecule has 0 spiro atoms. The average Bonchev–Trinajstić information content (AvgIpc) is 3.07. The zero-order valence-electron chi connectivity index (χ0n) is 14.5. The Morgan fingerprint density at radius 3 is 2.58 bits per heavy atom. The molecule has 24 heavy (non-hydrogen) atoms. The molecule has 0 radical (unpaired) electrons. The van der Waals surface area contributed by atoms with Gasteiger partial charge in [0.1, 0.15) is 6.10 Å². The maximum absolute atomic E-state index is 11.9. The summed E-state index contributed by atoms with van der Waals surface area (Å²) >= 11 is 0. The maximum atomic E-state index is 11.9. The molecule has 0 bridgehead atoms. The Kier molecular flexibility index (Phi) is 9.17. The zero-order chi connectivity index (χ0) is 17.2. The summed E-state index contributed by atoms with van der Waals surface area (Å²) in [6, 6.07) is 0.140. The zero-order valence-corrected chi connectivity index (χ0v) is 16.1. The third-order valence-corrected chi connectivity index (χ3v) is 7.46. The van der Waals surface area contributed by atoms with Gasteiger partial charge in [0.05, 0.1) is 6.61 Å². The summed E-state index contributed by atoms with van der Waals surface area (Å²) in [5.41, 5.74) is 0. The van der Waals surface area contributed by atoms with Gasteiger partial charge in [-0.1, -0.05) is 28.0 Å². The smallest absolute Gasteiger partial charge is 0.407 e. The molecule has 1 saturated heterocycles. The fraction of sp³-hybridized carbons (Fsp3) is 0.882. The van der Waals surface area contributed by atoms with Gasteiger partial charge >= 0.3 is 12.1 Å². The summed E-state index contributed by atoms with van der Waals surface area (Å²) in [5, 5.41) is 3.64. The lowest BCUT2D eigenvalue weighted by molar-refractivity contribution is -0.150. The van der Waals surface area contributed by atoms with E-state index in [1.807, 2.05) is 21.6 Å². The molecule has 2 aliphatic rings. The van der Waals surface area contributed by atoms with Crippen molar-refractivity contribution in [2.75, 3.05) is 12.4 Å². The van der Waals surface area contributed by atoms with Crippen LogP contribution < -0.4 is 5.32 Å². The van der Waals surface area contributed by atoms with E-state index in [2.05, 4.69) is 5.32 Å². The van der Waals surface area contributed by atoms with Crippen LogP contribution in [0.25, 0.3) is 0 Å². The highest BCUT2D eigenvalue weighted by molar-refractivity contribution is 8.77. The molecule has 2 rings (SSSR count). The molecule has 138 valence electrons. The number of rotatable bonds is 8. The number of esters is 1. The van der Waals surface area contributed by atoms with Crippen molar-refractivity contribution < 1.29 is 19.1 Å². The molecule has 1 aliphatic heterocycles. The summed E-state index contributed by atoms with van der Waals surface area (Å²) in [7, 11) is 3.97.